The van der Waals surface area contributed by atoms with E-state index >= 15 is 0 Å². The number of aromatic nitrogens is 6. The van der Waals surface area contributed by atoms with E-state index in [4.69, 9.17) is 4.74 Å². The van der Waals surface area contributed by atoms with Gasteiger partial charge in [0.25, 0.3) is 0 Å². The van der Waals surface area contributed by atoms with Crippen molar-refractivity contribution in [3.8, 4) is 17.3 Å². The van der Waals surface area contributed by atoms with E-state index in [9.17, 15) is 0 Å². The zero-order valence-electron chi connectivity index (χ0n) is 11.3. The van der Waals surface area contributed by atoms with E-state index in [0.29, 0.717) is 23.1 Å². The number of ether oxygens (including phenoxy) is 1. The van der Waals surface area contributed by atoms with E-state index in [0.717, 1.165) is 10.8 Å². The van der Waals surface area contributed by atoms with E-state index in [-0.39, 0.29) is 0 Å². The molecule has 0 aliphatic rings. The molecule has 4 aromatic rings. The molecule has 0 spiro atoms. The van der Waals surface area contributed by atoms with Crippen molar-refractivity contribution < 1.29 is 4.74 Å². The first-order valence-corrected chi connectivity index (χ1v) is 7.37. The van der Waals surface area contributed by atoms with E-state index in [2.05, 4.69) is 25.3 Å². The highest BCUT2D eigenvalue weighted by Crippen LogP contribution is 2.20. The number of hydrogen-bond acceptors (Lipinski definition) is 7. The Kier molecular flexibility index (Phi) is 3.20. The van der Waals surface area contributed by atoms with Crippen molar-refractivity contribution in [2.75, 3.05) is 0 Å². The van der Waals surface area contributed by atoms with Crippen LogP contribution in [0.1, 0.15) is 5.01 Å². The lowest BCUT2D eigenvalue weighted by Crippen LogP contribution is -1.98. The fourth-order valence-electron chi connectivity index (χ4n) is 1.95. The molecule has 0 amide bonds. The summed E-state index contributed by atoms with van der Waals surface area (Å²) in [6.45, 7) is 0.387. The summed E-state index contributed by atoms with van der Waals surface area (Å²) < 4.78 is 7.36. The van der Waals surface area contributed by atoms with E-state index in [1.165, 1.54) is 11.3 Å². The Morgan fingerprint density at radius 1 is 1.09 bits per heavy atom. The number of benzene rings is 1. The minimum atomic E-state index is 0.387. The highest BCUT2D eigenvalue weighted by molar-refractivity contribution is 7.16. The van der Waals surface area contributed by atoms with Gasteiger partial charge < -0.3 is 4.74 Å². The molecule has 1 aromatic carbocycles. The molecule has 0 aliphatic carbocycles. The van der Waals surface area contributed by atoms with E-state index in [1.54, 1.807) is 23.1 Å². The molecule has 8 heteroatoms. The van der Waals surface area contributed by atoms with Crippen molar-refractivity contribution in [1.82, 2.24) is 29.8 Å². The van der Waals surface area contributed by atoms with Gasteiger partial charge in [-0.25, -0.2) is 4.98 Å². The minimum Gasteiger partial charge on any atom is -0.486 e. The monoisotopic (exact) mass is 310 g/mol. The Morgan fingerprint density at radius 3 is 2.82 bits per heavy atom. The van der Waals surface area contributed by atoms with Crippen LogP contribution in [0, 0.1) is 0 Å². The van der Waals surface area contributed by atoms with Crippen molar-refractivity contribution in [3.05, 3.63) is 53.9 Å². The number of hydrogen-bond donors (Lipinski definition) is 0. The molecule has 0 bridgehead atoms. The summed E-state index contributed by atoms with van der Waals surface area (Å²) in [7, 11) is 0. The quantitative estimate of drug-likeness (QED) is 0.575. The van der Waals surface area contributed by atoms with Crippen LogP contribution in [0.5, 0.6) is 5.75 Å². The Hall–Kier alpha value is -2.87. The lowest BCUT2D eigenvalue weighted by molar-refractivity contribution is 0.304. The summed E-state index contributed by atoms with van der Waals surface area (Å²) in [5.74, 6) is 1.38. The summed E-state index contributed by atoms with van der Waals surface area (Å²) >= 11 is 1.44. The van der Waals surface area contributed by atoms with Crippen LogP contribution >= 0.6 is 11.3 Å². The Morgan fingerprint density at radius 2 is 2.00 bits per heavy atom. The molecule has 22 heavy (non-hydrogen) atoms. The van der Waals surface area contributed by atoms with Crippen molar-refractivity contribution in [1.29, 1.82) is 0 Å². The summed E-state index contributed by atoms with van der Waals surface area (Å²) in [5, 5.41) is 13.5. The molecule has 0 saturated heterocycles. The van der Waals surface area contributed by atoms with Gasteiger partial charge in [0, 0.05) is 12.4 Å². The van der Waals surface area contributed by atoms with Crippen LogP contribution in [0.25, 0.3) is 16.5 Å². The van der Waals surface area contributed by atoms with Gasteiger partial charge in [0.1, 0.15) is 18.1 Å². The summed E-state index contributed by atoms with van der Waals surface area (Å²) in [6, 6.07) is 9.62. The number of rotatable bonds is 4. The Bertz CT molecular complexity index is 890. The largest absolute Gasteiger partial charge is 0.486 e. The van der Waals surface area contributed by atoms with Gasteiger partial charge in [0.05, 0.1) is 6.20 Å². The van der Waals surface area contributed by atoms with Gasteiger partial charge in [-0.3, -0.25) is 4.98 Å². The highest BCUT2D eigenvalue weighted by Gasteiger charge is 2.14. The van der Waals surface area contributed by atoms with Gasteiger partial charge in [0.15, 0.2) is 5.01 Å². The molecule has 3 heterocycles. The summed E-state index contributed by atoms with van der Waals surface area (Å²) in [4.78, 5) is 8.96. The highest BCUT2D eigenvalue weighted by atomic mass is 32.1. The van der Waals surface area contributed by atoms with Crippen LogP contribution in [0.2, 0.25) is 0 Å². The third-order valence-electron chi connectivity index (χ3n) is 2.93. The molecular weight excluding hydrogens is 300 g/mol. The lowest BCUT2D eigenvalue weighted by atomic mass is 10.3. The molecule has 4 rings (SSSR count). The normalized spacial score (nSPS) is 10.9. The lowest BCUT2D eigenvalue weighted by Gasteiger charge is -2.02. The maximum Gasteiger partial charge on any atom is 0.235 e. The minimum absolute atomic E-state index is 0.387. The van der Waals surface area contributed by atoms with Crippen LogP contribution in [-0.4, -0.2) is 29.8 Å². The summed E-state index contributed by atoms with van der Waals surface area (Å²) in [5.41, 5.74) is 0.635. The second kappa shape index (κ2) is 5.49. The fraction of sp³-hybridized carbons (Fsp3) is 0.0714. The molecule has 0 N–H and O–H groups in total. The first-order valence-electron chi connectivity index (χ1n) is 6.55. The molecule has 7 nitrogen and oxygen atoms in total. The van der Waals surface area contributed by atoms with E-state index in [1.807, 2.05) is 30.3 Å². The maximum atomic E-state index is 5.69. The Labute approximate surface area is 129 Å². The fourth-order valence-corrected chi connectivity index (χ4v) is 2.70. The first kappa shape index (κ1) is 12.8. The predicted molar refractivity (Wildman–Crippen MR) is 80.5 cm³/mol. The molecule has 3 aromatic heterocycles. The third-order valence-corrected chi connectivity index (χ3v) is 3.80. The van der Waals surface area contributed by atoms with Crippen LogP contribution in [0.15, 0.2) is 48.9 Å². The van der Waals surface area contributed by atoms with Crippen molar-refractivity contribution in [2.24, 2.45) is 0 Å². The van der Waals surface area contributed by atoms with Gasteiger partial charge in [-0.1, -0.05) is 29.5 Å². The zero-order chi connectivity index (χ0) is 14.8. The topological polar surface area (TPSA) is 78.1 Å². The average molecular weight is 310 g/mol. The molecule has 0 atom stereocenters. The van der Waals surface area contributed by atoms with Crippen LogP contribution in [-0.2, 0) is 6.61 Å². The second-order valence-corrected chi connectivity index (χ2v) is 5.45. The number of para-hydroxylation sites is 1. The molecule has 108 valence electrons. The average Bonchev–Trinajstić information content (AvgIpc) is 3.15. The van der Waals surface area contributed by atoms with Crippen LogP contribution in [0.3, 0.4) is 0 Å². The van der Waals surface area contributed by atoms with Gasteiger partial charge in [0.2, 0.25) is 10.8 Å². The summed E-state index contributed by atoms with van der Waals surface area (Å²) in [6.07, 6.45) is 4.86. The van der Waals surface area contributed by atoms with Gasteiger partial charge >= 0.3 is 0 Å². The molecule has 0 radical (unpaired) electrons. The molecular formula is C14H10N6OS. The van der Waals surface area contributed by atoms with Crippen LogP contribution < -0.4 is 4.74 Å². The van der Waals surface area contributed by atoms with Gasteiger partial charge in [-0.05, 0) is 12.1 Å². The van der Waals surface area contributed by atoms with Crippen LogP contribution in [0.4, 0.5) is 0 Å². The Balaban J connectivity index is 1.60. The third kappa shape index (κ3) is 2.40. The van der Waals surface area contributed by atoms with Gasteiger partial charge in [-0.2, -0.15) is 9.61 Å². The predicted octanol–water partition coefficient (Wildman–Crippen LogP) is 2.22. The maximum absolute atomic E-state index is 5.69. The zero-order valence-corrected chi connectivity index (χ0v) is 12.1. The first-order chi connectivity index (χ1) is 10.9. The molecule has 0 fully saturated rings. The number of fused-ring (bicyclic) bond motifs is 1. The van der Waals surface area contributed by atoms with Crippen molar-refractivity contribution >= 4 is 16.3 Å². The number of nitrogens with zero attached hydrogens (tertiary/aromatic N) is 6. The van der Waals surface area contributed by atoms with Gasteiger partial charge in [-0.15, -0.1) is 10.2 Å². The SMILES string of the molecule is c1ccc(OCc2nn3c(-c4cnccn4)nnc3s2)cc1. The van der Waals surface area contributed by atoms with E-state index < -0.39 is 0 Å². The standard InChI is InChI=1S/C14H10N6OS/c1-2-4-10(5-3-1)21-9-12-19-20-13(17-18-14(20)22-12)11-8-15-6-7-16-11/h1-8H,9H2. The molecule has 0 unspecified atom stereocenters. The molecule has 0 aliphatic heterocycles. The van der Waals surface area contributed by atoms with Crippen molar-refractivity contribution in [3.63, 3.8) is 0 Å². The smallest absolute Gasteiger partial charge is 0.235 e. The van der Waals surface area contributed by atoms with Crippen molar-refractivity contribution in [2.45, 2.75) is 6.61 Å². The second-order valence-electron chi connectivity index (χ2n) is 4.41. The molecule has 0 saturated carbocycles.